The maximum atomic E-state index is 12.8. The lowest BCUT2D eigenvalue weighted by Gasteiger charge is -2.43. The summed E-state index contributed by atoms with van der Waals surface area (Å²) in [7, 11) is 0. The van der Waals surface area contributed by atoms with E-state index in [1.807, 2.05) is 4.90 Å². The van der Waals surface area contributed by atoms with Crippen molar-refractivity contribution in [1.82, 2.24) is 4.90 Å². The molecule has 1 aliphatic heterocycles. The zero-order chi connectivity index (χ0) is 16.2. The van der Waals surface area contributed by atoms with Crippen LogP contribution in [0.1, 0.15) is 36.0 Å². The van der Waals surface area contributed by atoms with Crippen molar-refractivity contribution in [3.63, 3.8) is 0 Å². The molecule has 1 saturated heterocycles. The zero-order valence-corrected chi connectivity index (χ0v) is 13.1. The summed E-state index contributed by atoms with van der Waals surface area (Å²) < 4.78 is 11.0. The Morgan fingerprint density at radius 3 is 2.70 bits per heavy atom. The molecule has 1 saturated carbocycles. The molecule has 2 aliphatic rings. The molecule has 0 radical (unpaired) electrons. The number of nitrogens with zero attached hydrogens (tertiary/aromatic N) is 1. The van der Waals surface area contributed by atoms with Crippen molar-refractivity contribution < 1.29 is 19.1 Å². The van der Waals surface area contributed by atoms with Crippen molar-refractivity contribution in [2.45, 2.75) is 37.8 Å². The van der Waals surface area contributed by atoms with E-state index in [1.54, 1.807) is 24.3 Å². The van der Waals surface area contributed by atoms with Crippen molar-refractivity contribution >= 4 is 11.8 Å². The van der Waals surface area contributed by atoms with Gasteiger partial charge in [-0.05, 0) is 37.1 Å². The van der Waals surface area contributed by atoms with Gasteiger partial charge < -0.3 is 20.1 Å². The number of fused-ring (bicyclic) bond motifs is 1. The third kappa shape index (κ3) is 3.64. The first-order valence-corrected chi connectivity index (χ1v) is 8.09. The minimum atomic E-state index is -0.526. The van der Waals surface area contributed by atoms with Crippen LogP contribution in [-0.2, 0) is 9.53 Å². The van der Waals surface area contributed by atoms with E-state index in [0.717, 1.165) is 19.3 Å². The molecule has 124 valence electrons. The van der Waals surface area contributed by atoms with Crippen LogP contribution in [0.2, 0.25) is 0 Å². The quantitative estimate of drug-likeness (QED) is 0.908. The first kappa shape index (κ1) is 15.8. The molecule has 6 heteroatoms. The molecule has 2 N–H and O–H groups in total. The lowest BCUT2D eigenvalue weighted by atomic mass is 9.89. The Bertz CT molecular complexity index is 570. The van der Waals surface area contributed by atoms with Gasteiger partial charge in [0.15, 0.2) is 6.61 Å². The highest BCUT2D eigenvalue weighted by molar-refractivity contribution is 5.94. The van der Waals surface area contributed by atoms with Gasteiger partial charge >= 0.3 is 0 Å². The number of carbonyl (C=O) groups is 2. The molecule has 23 heavy (non-hydrogen) atoms. The van der Waals surface area contributed by atoms with Gasteiger partial charge in [0.25, 0.3) is 11.8 Å². The van der Waals surface area contributed by atoms with Gasteiger partial charge in [-0.2, -0.15) is 0 Å². The second-order valence-corrected chi connectivity index (χ2v) is 6.04. The van der Waals surface area contributed by atoms with Crippen LogP contribution in [0.5, 0.6) is 5.75 Å². The van der Waals surface area contributed by atoms with E-state index in [0.29, 0.717) is 24.5 Å². The molecule has 0 unspecified atom stereocenters. The molecule has 1 aromatic rings. The molecule has 0 aromatic heterocycles. The van der Waals surface area contributed by atoms with E-state index in [4.69, 9.17) is 15.2 Å². The van der Waals surface area contributed by atoms with Gasteiger partial charge in [-0.25, -0.2) is 0 Å². The number of hydrogen-bond acceptors (Lipinski definition) is 4. The van der Waals surface area contributed by atoms with Gasteiger partial charge in [0.1, 0.15) is 5.75 Å². The summed E-state index contributed by atoms with van der Waals surface area (Å²) in [6, 6.07) is 7.03. The molecular formula is C17H22N2O4. The van der Waals surface area contributed by atoms with E-state index in [-0.39, 0.29) is 24.7 Å². The predicted octanol–water partition coefficient (Wildman–Crippen LogP) is 1.33. The Hall–Kier alpha value is -2.08. The lowest BCUT2D eigenvalue weighted by Crippen LogP contribution is -2.54. The highest BCUT2D eigenvalue weighted by Gasteiger charge is 2.36. The zero-order valence-electron chi connectivity index (χ0n) is 13.1. The van der Waals surface area contributed by atoms with E-state index in [2.05, 4.69) is 0 Å². The first-order chi connectivity index (χ1) is 11.1. The minimum absolute atomic E-state index is 0.0339. The SMILES string of the molecule is NC(=O)COc1ccc(C(=O)N2CCO[C@H]3CCCC[C@@H]32)cc1. The maximum Gasteiger partial charge on any atom is 0.255 e. The topological polar surface area (TPSA) is 81.9 Å². The number of rotatable bonds is 4. The summed E-state index contributed by atoms with van der Waals surface area (Å²) in [5, 5.41) is 0. The molecule has 0 spiro atoms. The molecule has 1 aromatic carbocycles. The number of nitrogens with two attached hydrogens (primary N) is 1. The number of hydrogen-bond donors (Lipinski definition) is 1. The standard InChI is InChI=1S/C17H22N2O4/c18-16(20)11-23-13-7-5-12(6-8-13)17(21)19-9-10-22-15-4-2-1-3-14(15)19/h5-8,14-15H,1-4,9-11H2,(H2,18,20)/t14-,15-/m0/s1. The van der Waals surface area contributed by atoms with Crippen LogP contribution in [0, 0.1) is 0 Å². The summed E-state index contributed by atoms with van der Waals surface area (Å²) in [6.07, 6.45) is 4.55. The summed E-state index contributed by atoms with van der Waals surface area (Å²) in [5.41, 5.74) is 5.67. The van der Waals surface area contributed by atoms with Crippen LogP contribution in [0.15, 0.2) is 24.3 Å². The second-order valence-electron chi connectivity index (χ2n) is 6.04. The average Bonchev–Trinajstić information content (AvgIpc) is 2.59. The van der Waals surface area contributed by atoms with Crippen LogP contribution in [-0.4, -0.2) is 48.6 Å². The van der Waals surface area contributed by atoms with Crippen LogP contribution in [0.4, 0.5) is 0 Å². The third-order valence-electron chi connectivity index (χ3n) is 4.48. The fourth-order valence-electron chi connectivity index (χ4n) is 3.36. The van der Waals surface area contributed by atoms with Gasteiger partial charge in [-0.15, -0.1) is 0 Å². The van der Waals surface area contributed by atoms with Gasteiger partial charge in [0.05, 0.1) is 18.8 Å². The van der Waals surface area contributed by atoms with Crippen LogP contribution < -0.4 is 10.5 Å². The van der Waals surface area contributed by atoms with E-state index >= 15 is 0 Å². The Labute approximate surface area is 135 Å². The highest BCUT2D eigenvalue weighted by Crippen LogP contribution is 2.29. The van der Waals surface area contributed by atoms with Crippen molar-refractivity contribution in [3.05, 3.63) is 29.8 Å². The fourth-order valence-corrected chi connectivity index (χ4v) is 3.36. The number of morpholine rings is 1. The summed E-state index contributed by atoms with van der Waals surface area (Å²) >= 11 is 0. The molecule has 1 aliphatic carbocycles. The molecular weight excluding hydrogens is 296 g/mol. The van der Waals surface area contributed by atoms with E-state index in [9.17, 15) is 9.59 Å². The van der Waals surface area contributed by atoms with Crippen LogP contribution >= 0.6 is 0 Å². The Balaban J connectivity index is 1.68. The molecule has 0 bridgehead atoms. The smallest absolute Gasteiger partial charge is 0.255 e. The maximum absolute atomic E-state index is 12.8. The average molecular weight is 318 g/mol. The van der Waals surface area contributed by atoms with Crippen LogP contribution in [0.25, 0.3) is 0 Å². The lowest BCUT2D eigenvalue weighted by molar-refractivity contribution is -0.119. The van der Waals surface area contributed by atoms with Gasteiger partial charge in [-0.1, -0.05) is 12.8 Å². The number of amides is 2. The normalized spacial score (nSPS) is 23.9. The molecule has 2 amide bonds. The third-order valence-corrected chi connectivity index (χ3v) is 4.48. The number of primary amides is 1. The van der Waals surface area contributed by atoms with Gasteiger partial charge in [-0.3, -0.25) is 9.59 Å². The number of benzene rings is 1. The molecule has 6 nitrogen and oxygen atoms in total. The van der Waals surface area contributed by atoms with E-state index < -0.39 is 5.91 Å². The Kier molecular flexibility index (Phi) is 4.81. The van der Waals surface area contributed by atoms with Crippen molar-refractivity contribution in [2.24, 2.45) is 5.73 Å². The van der Waals surface area contributed by atoms with Crippen molar-refractivity contribution in [2.75, 3.05) is 19.8 Å². The number of ether oxygens (including phenoxy) is 2. The Morgan fingerprint density at radius 1 is 1.22 bits per heavy atom. The second kappa shape index (κ2) is 7.00. The molecule has 2 fully saturated rings. The highest BCUT2D eigenvalue weighted by atomic mass is 16.5. The number of carbonyl (C=O) groups excluding carboxylic acids is 2. The Morgan fingerprint density at radius 2 is 1.96 bits per heavy atom. The summed E-state index contributed by atoms with van der Waals surface area (Å²) in [4.78, 5) is 25.5. The monoisotopic (exact) mass is 318 g/mol. The van der Waals surface area contributed by atoms with Gasteiger partial charge in [0, 0.05) is 12.1 Å². The van der Waals surface area contributed by atoms with Crippen molar-refractivity contribution in [3.8, 4) is 5.75 Å². The van der Waals surface area contributed by atoms with E-state index in [1.165, 1.54) is 6.42 Å². The van der Waals surface area contributed by atoms with Crippen molar-refractivity contribution in [1.29, 1.82) is 0 Å². The summed E-state index contributed by atoms with van der Waals surface area (Å²) in [6.45, 7) is 1.08. The summed E-state index contributed by atoms with van der Waals surface area (Å²) in [5.74, 6) is 0.0336. The predicted molar refractivity (Wildman–Crippen MR) is 84.2 cm³/mol. The molecule has 1 heterocycles. The minimum Gasteiger partial charge on any atom is -0.484 e. The molecule has 3 rings (SSSR count). The van der Waals surface area contributed by atoms with Crippen LogP contribution in [0.3, 0.4) is 0 Å². The first-order valence-electron chi connectivity index (χ1n) is 8.09. The largest absolute Gasteiger partial charge is 0.484 e. The molecule has 2 atom stereocenters. The van der Waals surface area contributed by atoms with Gasteiger partial charge in [0.2, 0.25) is 0 Å². The fraction of sp³-hybridized carbons (Fsp3) is 0.529.